The first-order valence-electron chi connectivity index (χ1n) is 9.01. The summed E-state index contributed by atoms with van der Waals surface area (Å²) in [6, 6.07) is 7.09. The fourth-order valence-corrected chi connectivity index (χ4v) is 5.42. The summed E-state index contributed by atoms with van der Waals surface area (Å²) in [5.74, 6) is -0.392. The Kier molecular flexibility index (Phi) is 4.81. The number of likely N-dealkylation sites (tertiary alicyclic amines) is 1. The Balaban J connectivity index is 1.63. The summed E-state index contributed by atoms with van der Waals surface area (Å²) in [7, 11) is -3.76. The first-order valence-corrected chi connectivity index (χ1v) is 10.4. The Labute approximate surface area is 153 Å². The first-order chi connectivity index (χ1) is 12.5. The molecule has 0 bridgehead atoms. The van der Waals surface area contributed by atoms with Crippen LogP contribution in [0.15, 0.2) is 41.4 Å². The fraction of sp³-hybridized carbons (Fsp3) is 0.500. The zero-order valence-corrected chi connectivity index (χ0v) is 15.4. The summed E-state index contributed by atoms with van der Waals surface area (Å²) in [5.41, 5.74) is 0.869. The molecule has 1 atom stereocenters. The van der Waals surface area contributed by atoms with E-state index >= 15 is 0 Å². The molecule has 1 unspecified atom stereocenters. The number of sulfonamides is 1. The molecule has 3 heterocycles. The molecule has 0 spiro atoms. The fourth-order valence-electron chi connectivity index (χ4n) is 3.90. The van der Waals surface area contributed by atoms with Crippen LogP contribution in [0.5, 0.6) is 0 Å². The zero-order valence-electron chi connectivity index (χ0n) is 14.6. The van der Waals surface area contributed by atoms with Crippen molar-refractivity contribution in [1.82, 2.24) is 19.0 Å². The highest BCUT2D eigenvalue weighted by Gasteiger charge is 2.32. The maximum atomic E-state index is 13.6. The van der Waals surface area contributed by atoms with Crippen LogP contribution in [0.1, 0.15) is 18.5 Å². The maximum absolute atomic E-state index is 13.6. The predicted octanol–water partition coefficient (Wildman–Crippen LogP) is 1.94. The van der Waals surface area contributed by atoms with Crippen molar-refractivity contribution in [2.24, 2.45) is 5.92 Å². The molecule has 1 aromatic heterocycles. The number of rotatable bonds is 4. The highest BCUT2D eigenvalue weighted by Crippen LogP contribution is 2.25. The van der Waals surface area contributed by atoms with E-state index in [2.05, 4.69) is 10.00 Å². The van der Waals surface area contributed by atoms with Crippen molar-refractivity contribution in [1.29, 1.82) is 0 Å². The highest BCUT2D eigenvalue weighted by molar-refractivity contribution is 7.89. The van der Waals surface area contributed by atoms with Gasteiger partial charge in [0.2, 0.25) is 10.0 Å². The summed E-state index contributed by atoms with van der Waals surface area (Å²) < 4.78 is 43.2. The van der Waals surface area contributed by atoms with Crippen LogP contribution >= 0.6 is 0 Å². The van der Waals surface area contributed by atoms with Crippen LogP contribution in [0.4, 0.5) is 4.39 Å². The lowest BCUT2D eigenvalue weighted by Gasteiger charge is -2.26. The van der Waals surface area contributed by atoms with E-state index in [0.29, 0.717) is 13.1 Å². The van der Waals surface area contributed by atoms with Gasteiger partial charge in [-0.1, -0.05) is 6.07 Å². The van der Waals surface area contributed by atoms with Gasteiger partial charge in [0.15, 0.2) is 0 Å². The highest BCUT2D eigenvalue weighted by atomic mass is 32.2. The quantitative estimate of drug-likeness (QED) is 0.816. The number of hydrogen-bond donors (Lipinski definition) is 0. The summed E-state index contributed by atoms with van der Waals surface area (Å²) in [4.78, 5) is 2.40. The predicted molar refractivity (Wildman–Crippen MR) is 95.4 cm³/mol. The number of fused-ring (bicyclic) bond motifs is 1. The smallest absolute Gasteiger partial charge is 0.243 e. The van der Waals surface area contributed by atoms with Gasteiger partial charge in [-0.15, -0.1) is 0 Å². The molecule has 1 aromatic carbocycles. The van der Waals surface area contributed by atoms with Gasteiger partial charge in [-0.3, -0.25) is 4.68 Å². The molecule has 4 rings (SSSR count). The number of halogens is 1. The minimum Gasteiger partial charge on any atom is -0.303 e. The van der Waals surface area contributed by atoms with Crippen LogP contribution in [0.3, 0.4) is 0 Å². The monoisotopic (exact) mass is 378 g/mol. The Hall–Kier alpha value is -1.77. The minimum atomic E-state index is -3.76. The average Bonchev–Trinajstić information content (AvgIpc) is 3.23. The van der Waals surface area contributed by atoms with E-state index in [1.165, 1.54) is 35.3 Å². The lowest BCUT2D eigenvalue weighted by Crippen LogP contribution is -2.38. The van der Waals surface area contributed by atoms with E-state index < -0.39 is 15.8 Å². The van der Waals surface area contributed by atoms with Crippen LogP contribution in [-0.4, -0.2) is 53.6 Å². The third-order valence-corrected chi connectivity index (χ3v) is 6.99. The van der Waals surface area contributed by atoms with Crippen molar-refractivity contribution >= 4 is 10.0 Å². The lowest BCUT2D eigenvalue weighted by molar-refractivity contribution is 0.233. The lowest BCUT2D eigenvalue weighted by atomic mass is 10.1. The van der Waals surface area contributed by atoms with Gasteiger partial charge in [0.05, 0.1) is 17.1 Å². The van der Waals surface area contributed by atoms with Crippen molar-refractivity contribution < 1.29 is 12.8 Å². The van der Waals surface area contributed by atoms with E-state index in [1.54, 1.807) is 6.20 Å². The van der Waals surface area contributed by atoms with Gasteiger partial charge in [0.25, 0.3) is 0 Å². The molecule has 1 fully saturated rings. The molecule has 2 aromatic rings. The standard InChI is InChI=1S/C18H23FN4O2S/c19-16-4-3-5-18(10-16)26(24,25)22-12-15(11-21-8-1-2-9-21)13-23-17(14-22)6-7-20-23/h3-7,10,15H,1-2,8-9,11-14H2. The average molecular weight is 378 g/mol. The second-order valence-corrected chi connectivity index (χ2v) is 9.07. The summed E-state index contributed by atoms with van der Waals surface area (Å²) in [6.45, 7) is 4.37. The first kappa shape index (κ1) is 17.6. The van der Waals surface area contributed by atoms with Gasteiger partial charge in [-0.2, -0.15) is 9.40 Å². The normalized spacial score (nSPS) is 22.3. The topological polar surface area (TPSA) is 58.4 Å². The van der Waals surface area contributed by atoms with Crippen LogP contribution in [0.25, 0.3) is 0 Å². The van der Waals surface area contributed by atoms with Crippen molar-refractivity contribution in [2.75, 3.05) is 26.2 Å². The number of hydrogen-bond acceptors (Lipinski definition) is 4. The van der Waals surface area contributed by atoms with E-state index in [0.717, 1.165) is 31.4 Å². The molecule has 0 N–H and O–H groups in total. The van der Waals surface area contributed by atoms with Gasteiger partial charge in [0, 0.05) is 31.7 Å². The second-order valence-electron chi connectivity index (χ2n) is 7.13. The van der Waals surface area contributed by atoms with Gasteiger partial charge < -0.3 is 4.90 Å². The molecule has 0 saturated carbocycles. The minimum absolute atomic E-state index is 0.00499. The molecular weight excluding hydrogens is 355 g/mol. The molecule has 1 saturated heterocycles. The summed E-state index contributed by atoms with van der Waals surface area (Å²) >= 11 is 0. The Morgan fingerprint density at radius 1 is 1.15 bits per heavy atom. The maximum Gasteiger partial charge on any atom is 0.243 e. The molecule has 0 aliphatic carbocycles. The largest absolute Gasteiger partial charge is 0.303 e. The SMILES string of the molecule is O=S(=O)(c1cccc(F)c1)N1Cc2ccnn2CC(CN2CCCC2)C1. The molecular formula is C18H23FN4O2S. The third kappa shape index (κ3) is 3.54. The van der Waals surface area contributed by atoms with Crippen molar-refractivity contribution in [3.63, 3.8) is 0 Å². The van der Waals surface area contributed by atoms with Crippen LogP contribution < -0.4 is 0 Å². The molecule has 2 aliphatic rings. The molecule has 140 valence electrons. The Morgan fingerprint density at radius 3 is 2.73 bits per heavy atom. The van der Waals surface area contributed by atoms with Crippen LogP contribution in [-0.2, 0) is 23.1 Å². The number of nitrogens with zero attached hydrogens (tertiary/aromatic N) is 4. The van der Waals surface area contributed by atoms with E-state index in [4.69, 9.17) is 0 Å². The van der Waals surface area contributed by atoms with Crippen molar-refractivity contribution in [3.8, 4) is 0 Å². The number of benzene rings is 1. The van der Waals surface area contributed by atoms with E-state index in [1.807, 2.05) is 10.7 Å². The van der Waals surface area contributed by atoms with E-state index in [-0.39, 0.29) is 17.4 Å². The van der Waals surface area contributed by atoms with Crippen LogP contribution in [0.2, 0.25) is 0 Å². The molecule has 0 amide bonds. The Morgan fingerprint density at radius 2 is 1.96 bits per heavy atom. The van der Waals surface area contributed by atoms with Crippen LogP contribution in [0, 0.1) is 11.7 Å². The molecule has 2 aliphatic heterocycles. The van der Waals surface area contributed by atoms with Crippen molar-refractivity contribution in [3.05, 3.63) is 48.0 Å². The van der Waals surface area contributed by atoms with E-state index in [9.17, 15) is 12.8 Å². The number of aromatic nitrogens is 2. The zero-order chi connectivity index (χ0) is 18.1. The third-order valence-electron chi connectivity index (χ3n) is 5.18. The summed E-state index contributed by atoms with van der Waals surface area (Å²) in [5, 5.41) is 4.36. The molecule has 0 radical (unpaired) electrons. The van der Waals surface area contributed by atoms with Gasteiger partial charge in [-0.25, -0.2) is 12.8 Å². The molecule has 26 heavy (non-hydrogen) atoms. The van der Waals surface area contributed by atoms with Gasteiger partial charge >= 0.3 is 0 Å². The van der Waals surface area contributed by atoms with Gasteiger partial charge in [0.1, 0.15) is 5.82 Å². The summed E-state index contributed by atoms with van der Waals surface area (Å²) in [6.07, 6.45) is 4.11. The molecule has 8 heteroatoms. The molecule has 6 nitrogen and oxygen atoms in total. The van der Waals surface area contributed by atoms with Gasteiger partial charge in [-0.05, 0) is 50.2 Å². The second kappa shape index (κ2) is 7.09. The van der Waals surface area contributed by atoms with Crippen molar-refractivity contribution in [2.45, 2.75) is 30.8 Å². The Bertz CT molecular complexity index is 877.